The van der Waals surface area contributed by atoms with Gasteiger partial charge in [0.1, 0.15) is 0 Å². The van der Waals surface area contributed by atoms with E-state index < -0.39 is 0 Å². The zero-order chi connectivity index (χ0) is 14.4. The number of carbonyl (C=O) groups is 1. The van der Waals surface area contributed by atoms with Crippen molar-refractivity contribution in [2.75, 3.05) is 0 Å². The molecule has 112 valence electrons. The van der Waals surface area contributed by atoms with Gasteiger partial charge >= 0.3 is 0 Å². The quantitative estimate of drug-likeness (QED) is 0.839. The van der Waals surface area contributed by atoms with Gasteiger partial charge in [0.2, 0.25) is 5.91 Å². The number of rotatable bonds is 6. The van der Waals surface area contributed by atoms with Crippen LogP contribution in [-0.2, 0) is 4.79 Å². The van der Waals surface area contributed by atoms with Crippen molar-refractivity contribution < 1.29 is 4.79 Å². The van der Waals surface area contributed by atoms with E-state index in [1.54, 1.807) is 11.3 Å². The molecule has 3 nitrogen and oxygen atoms in total. The maximum Gasteiger partial charge on any atom is 0.222 e. The lowest BCUT2D eigenvalue weighted by Crippen LogP contribution is -2.46. The summed E-state index contributed by atoms with van der Waals surface area (Å²) in [6.07, 6.45) is 8.07. The van der Waals surface area contributed by atoms with Gasteiger partial charge in [-0.1, -0.05) is 38.7 Å². The molecule has 1 unspecified atom stereocenters. The summed E-state index contributed by atoms with van der Waals surface area (Å²) in [6.45, 7) is 2.15. The number of hydrogen-bond donors (Lipinski definition) is 2. The lowest BCUT2D eigenvalue weighted by atomic mass is 9.80. The molecule has 1 saturated carbocycles. The molecule has 1 aromatic heterocycles. The lowest BCUT2D eigenvalue weighted by Gasteiger charge is -2.33. The van der Waals surface area contributed by atoms with E-state index in [2.05, 4.69) is 23.7 Å². The standard InChI is InChI=1S/C16H26N2OS/c1-2-7-13(14-8-6-11-20-14)18-15(19)12-16(17)9-4-3-5-10-16/h6,8,11,13H,2-5,7,9-10,12,17H2,1H3,(H,18,19). The molecule has 1 aliphatic carbocycles. The molecular formula is C16H26N2OS. The molecule has 1 aliphatic rings. The smallest absolute Gasteiger partial charge is 0.222 e. The van der Waals surface area contributed by atoms with Gasteiger partial charge in [0.05, 0.1) is 6.04 Å². The Morgan fingerprint density at radius 1 is 1.45 bits per heavy atom. The SMILES string of the molecule is CCCC(NC(=O)CC1(N)CCCCC1)c1cccs1. The van der Waals surface area contributed by atoms with Crippen molar-refractivity contribution in [1.29, 1.82) is 0 Å². The molecule has 20 heavy (non-hydrogen) atoms. The van der Waals surface area contributed by atoms with E-state index >= 15 is 0 Å². The second kappa shape index (κ2) is 7.23. The van der Waals surface area contributed by atoms with Crippen LogP contribution in [0.4, 0.5) is 0 Å². The van der Waals surface area contributed by atoms with Gasteiger partial charge in [0.15, 0.2) is 0 Å². The maximum absolute atomic E-state index is 12.3. The molecule has 0 radical (unpaired) electrons. The summed E-state index contributed by atoms with van der Waals surface area (Å²) >= 11 is 1.71. The number of amides is 1. The first-order chi connectivity index (χ1) is 9.63. The first-order valence-electron chi connectivity index (χ1n) is 7.74. The van der Waals surface area contributed by atoms with E-state index in [1.807, 2.05) is 6.07 Å². The fraction of sp³-hybridized carbons (Fsp3) is 0.688. The predicted octanol–water partition coefficient (Wildman–Crippen LogP) is 3.76. The number of nitrogens with two attached hydrogens (primary N) is 1. The highest BCUT2D eigenvalue weighted by Gasteiger charge is 2.30. The van der Waals surface area contributed by atoms with Crippen LogP contribution < -0.4 is 11.1 Å². The molecule has 0 aliphatic heterocycles. The van der Waals surface area contributed by atoms with Gasteiger partial charge in [-0.25, -0.2) is 0 Å². The minimum absolute atomic E-state index is 0.112. The van der Waals surface area contributed by atoms with Gasteiger partial charge < -0.3 is 11.1 Å². The Bertz CT molecular complexity index is 410. The van der Waals surface area contributed by atoms with Crippen molar-refractivity contribution in [1.82, 2.24) is 5.32 Å². The maximum atomic E-state index is 12.3. The van der Waals surface area contributed by atoms with Crippen molar-refractivity contribution in [3.05, 3.63) is 22.4 Å². The van der Waals surface area contributed by atoms with Crippen molar-refractivity contribution in [2.24, 2.45) is 5.73 Å². The monoisotopic (exact) mass is 294 g/mol. The first kappa shape index (κ1) is 15.5. The third-order valence-electron chi connectivity index (χ3n) is 4.16. The summed E-state index contributed by atoms with van der Waals surface area (Å²) < 4.78 is 0. The van der Waals surface area contributed by atoms with Gasteiger partial charge in [-0.15, -0.1) is 11.3 Å². The highest BCUT2D eigenvalue weighted by Crippen LogP contribution is 2.29. The van der Waals surface area contributed by atoms with Gasteiger partial charge in [-0.05, 0) is 30.7 Å². The van der Waals surface area contributed by atoms with E-state index in [0.717, 1.165) is 38.5 Å². The van der Waals surface area contributed by atoms with Crippen LogP contribution in [0.5, 0.6) is 0 Å². The Kier molecular flexibility index (Phi) is 5.61. The number of carbonyl (C=O) groups excluding carboxylic acids is 1. The molecule has 3 N–H and O–H groups in total. The van der Waals surface area contributed by atoms with Crippen LogP contribution in [0.3, 0.4) is 0 Å². The summed E-state index contributed by atoms with van der Waals surface area (Å²) in [5, 5.41) is 5.25. The van der Waals surface area contributed by atoms with Crippen molar-refractivity contribution in [3.8, 4) is 0 Å². The van der Waals surface area contributed by atoms with Crippen molar-refractivity contribution in [2.45, 2.75) is 69.9 Å². The van der Waals surface area contributed by atoms with Gasteiger partial charge in [0, 0.05) is 16.8 Å². The van der Waals surface area contributed by atoms with Gasteiger partial charge in [0.25, 0.3) is 0 Å². The van der Waals surface area contributed by atoms with Crippen molar-refractivity contribution >= 4 is 17.2 Å². The minimum atomic E-state index is -0.269. The van der Waals surface area contributed by atoms with E-state index in [1.165, 1.54) is 11.3 Å². The molecule has 0 aromatic carbocycles. The first-order valence-corrected chi connectivity index (χ1v) is 8.62. The largest absolute Gasteiger partial charge is 0.348 e. The second-order valence-corrected chi connectivity index (χ2v) is 7.00. The lowest BCUT2D eigenvalue weighted by molar-refractivity contribution is -0.123. The van der Waals surface area contributed by atoms with Crippen LogP contribution in [0.2, 0.25) is 0 Å². The summed E-state index contributed by atoms with van der Waals surface area (Å²) in [5.41, 5.74) is 6.10. The predicted molar refractivity (Wildman–Crippen MR) is 84.7 cm³/mol. The number of hydrogen-bond acceptors (Lipinski definition) is 3. The number of thiophene rings is 1. The van der Waals surface area contributed by atoms with Crippen LogP contribution in [0.1, 0.15) is 69.2 Å². The van der Waals surface area contributed by atoms with Gasteiger partial charge in [-0.2, -0.15) is 0 Å². The van der Waals surface area contributed by atoms with Crippen LogP contribution in [-0.4, -0.2) is 11.4 Å². The normalized spacial score (nSPS) is 19.5. The molecule has 1 heterocycles. The molecular weight excluding hydrogens is 268 g/mol. The second-order valence-electron chi connectivity index (χ2n) is 6.02. The van der Waals surface area contributed by atoms with Crippen LogP contribution >= 0.6 is 11.3 Å². The highest BCUT2D eigenvalue weighted by molar-refractivity contribution is 7.10. The van der Waals surface area contributed by atoms with Crippen molar-refractivity contribution in [3.63, 3.8) is 0 Å². The molecule has 0 spiro atoms. The Morgan fingerprint density at radius 2 is 2.20 bits per heavy atom. The molecule has 0 bridgehead atoms. The third kappa shape index (κ3) is 4.32. The molecule has 1 aromatic rings. The molecule has 0 saturated heterocycles. The Morgan fingerprint density at radius 3 is 2.80 bits per heavy atom. The fourth-order valence-electron chi connectivity index (χ4n) is 3.06. The van der Waals surface area contributed by atoms with E-state index in [0.29, 0.717) is 6.42 Å². The van der Waals surface area contributed by atoms with Crippen LogP contribution in [0.15, 0.2) is 17.5 Å². The Labute approximate surface area is 125 Å². The molecule has 1 atom stereocenters. The van der Waals surface area contributed by atoms with Gasteiger partial charge in [-0.3, -0.25) is 4.79 Å². The highest BCUT2D eigenvalue weighted by atomic mass is 32.1. The van der Waals surface area contributed by atoms with Crippen LogP contribution in [0, 0.1) is 0 Å². The van der Waals surface area contributed by atoms with E-state index in [-0.39, 0.29) is 17.5 Å². The average molecular weight is 294 g/mol. The molecule has 2 rings (SSSR count). The summed E-state index contributed by atoms with van der Waals surface area (Å²) in [5.74, 6) is 0.112. The topological polar surface area (TPSA) is 55.1 Å². The summed E-state index contributed by atoms with van der Waals surface area (Å²) in [6, 6.07) is 4.30. The fourth-order valence-corrected chi connectivity index (χ4v) is 3.87. The third-order valence-corrected chi connectivity index (χ3v) is 5.15. The summed E-state index contributed by atoms with van der Waals surface area (Å²) in [4.78, 5) is 13.6. The Balaban J connectivity index is 1.91. The molecule has 4 heteroatoms. The molecule has 1 amide bonds. The zero-order valence-corrected chi connectivity index (χ0v) is 13.2. The van der Waals surface area contributed by atoms with Crippen LogP contribution in [0.25, 0.3) is 0 Å². The Hall–Kier alpha value is -0.870. The summed E-state index contributed by atoms with van der Waals surface area (Å²) in [7, 11) is 0. The minimum Gasteiger partial charge on any atom is -0.348 e. The molecule has 1 fully saturated rings. The average Bonchev–Trinajstić information content (AvgIpc) is 2.92. The number of nitrogens with one attached hydrogen (secondary N) is 1. The zero-order valence-electron chi connectivity index (χ0n) is 12.4. The van der Waals surface area contributed by atoms with E-state index in [4.69, 9.17) is 5.73 Å². The van der Waals surface area contributed by atoms with E-state index in [9.17, 15) is 4.79 Å².